The monoisotopic (exact) mass is 481 g/mol. The van der Waals surface area contributed by atoms with Crippen LogP contribution in [-0.2, 0) is 17.8 Å². The predicted octanol–water partition coefficient (Wildman–Crippen LogP) is 5.17. The van der Waals surface area contributed by atoms with E-state index >= 15 is 0 Å². The summed E-state index contributed by atoms with van der Waals surface area (Å²) in [6, 6.07) is 19.4. The van der Waals surface area contributed by atoms with Gasteiger partial charge < -0.3 is 14.8 Å². The molecule has 170 valence electrons. The molecule has 0 bridgehead atoms. The van der Waals surface area contributed by atoms with Crippen LogP contribution in [-0.4, -0.2) is 30.1 Å². The zero-order valence-electron chi connectivity index (χ0n) is 18.3. The van der Waals surface area contributed by atoms with Crippen molar-refractivity contribution in [1.82, 2.24) is 15.3 Å². The van der Waals surface area contributed by atoms with Gasteiger partial charge in [-0.05, 0) is 65.7 Å². The zero-order valence-corrected chi connectivity index (χ0v) is 19.9. The number of methoxy groups -OCH3 is 2. The molecular formula is C25H24ClN3O3S. The van der Waals surface area contributed by atoms with Crippen molar-refractivity contribution in [3.05, 3.63) is 83.6 Å². The van der Waals surface area contributed by atoms with E-state index in [2.05, 4.69) is 10.3 Å². The summed E-state index contributed by atoms with van der Waals surface area (Å²) in [5.41, 5.74) is 3.78. The Morgan fingerprint density at radius 2 is 1.58 bits per heavy atom. The molecule has 0 aliphatic rings. The number of nitrogens with zero attached hydrogens (tertiary/aromatic N) is 2. The predicted molar refractivity (Wildman–Crippen MR) is 133 cm³/mol. The number of carbonyl (C=O) groups excluding carboxylic acids is 1. The first-order valence-electron chi connectivity index (χ1n) is 10.1. The molecule has 4 rings (SSSR count). The lowest BCUT2D eigenvalue weighted by Crippen LogP contribution is -2.24. The summed E-state index contributed by atoms with van der Waals surface area (Å²) < 4.78 is 10.6. The molecular weight excluding hydrogens is 458 g/mol. The molecule has 0 radical (unpaired) electrons. The highest BCUT2D eigenvalue weighted by atomic mass is 35.5. The molecule has 0 saturated heterocycles. The summed E-state index contributed by atoms with van der Waals surface area (Å²) in [7, 11) is 3.30. The average Bonchev–Trinajstić information content (AvgIpc) is 3.28. The van der Waals surface area contributed by atoms with Crippen LogP contribution in [0.2, 0.25) is 0 Å². The van der Waals surface area contributed by atoms with Crippen molar-refractivity contribution in [1.29, 1.82) is 0 Å². The van der Waals surface area contributed by atoms with Gasteiger partial charge in [0.05, 0.1) is 37.8 Å². The molecule has 6 nitrogen and oxygen atoms in total. The topological polar surface area (TPSA) is 73.3 Å². The maximum Gasteiger partial charge on any atom is 0.224 e. The number of hydrogen-bond acceptors (Lipinski definition) is 6. The Morgan fingerprint density at radius 1 is 0.939 bits per heavy atom. The van der Waals surface area contributed by atoms with Crippen LogP contribution in [0.15, 0.2) is 73.1 Å². The Labute approximate surface area is 203 Å². The minimum absolute atomic E-state index is 0. The Balaban J connectivity index is 0.00000306. The summed E-state index contributed by atoms with van der Waals surface area (Å²) in [5.74, 6) is 1.52. The van der Waals surface area contributed by atoms with Gasteiger partial charge in [-0.25, -0.2) is 4.98 Å². The second kappa shape index (κ2) is 11.4. The van der Waals surface area contributed by atoms with Crippen LogP contribution in [0.4, 0.5) is 0 Å². The fourth-order valence-electron chi connectivity index (χ4n) is 3.25. The van der Waals surface area contributed by atoms with Crippen molar-refractivity contribution in [2.45, 2.75) is 13.0 Å². The summed E-state index contributed by atoms with van der Waals surface area (Å²) in [4.78, 5) is 22.3. The van der Waals surface area contributed by atoms with Gasteiger partial charge in [-0.2, -0.15) is 0 Å². The van der Waals surface area contributed by atoms with Crippen molar-refractivity contribution in [3.63, 3.8) is 0 Å². The number of ether oxygens (including phenoxy) is 2. The van der Waals surface area contributed by atoms with Crippen LogP contribution in [0.25, 0.3) is 21.7 Å². The lowest BCUT2D eigenvalue weighted by atomic mass is 10.1. The van der Waals surface area contributed by atoms with Crippen LogP contribution >= 0.6 is 23.7 Å². The molecule has 0 atom stereocenters. The minimum atomic E-state index is -0.0646. The lowest BCUT2D eigenvalue weighted by Gasteiger charge is -2.05. The van der Waals surface area contributed by atoms with Gasteiger partial charge in [0.25, 0.3) is 0 Å². The molecule has 4 aromatic rings. The molecule has 1 amide bonds. The number of rotatable bonds is 8. The molecule has 0 saturated carbocycles. The zero-order chi connectivity index (χ0) is 22.3. The molecule has 33 heavy (non-hydrogen) atoms. The molecule has 2 heterocycles. The van der Waals surface area contributed by atoms with E-state index in [4.69, 9.17) is 14.5 Å². The molecule has 8 heteroatoms. The van der Waals surface area contributed by atoms with E-state index in [1.165, 1.54) is 0 Å². The van der Waals surface area contributed by atoms with Gasteiger partial charge in [0, 0.05) is 18.0 Å². The Morgan fingerprint density at radius 3 is 2.15 bits per heavy atom. The van der Waals surface area contributed by atoms with Crippen LogP contribution in [0.1, 0.15) is 10.6 Å². The van der Waals surface area contributed by atoms with Gasteiger partial charge in [0.1, 0.15) is 16.5 Å². The SMILES string of the molecule is COc1ccc(-c2nc(CNC(=O)Cc3cccnc3)sc2-c2ccc(OC)cc2)cc1.Cl. The number of hydrogen-bond donors (Lipinski definition) is 1. The van der Waals surface area contributed by atoms with E-state index in [9.17, 15) is 4.79 Å². The Bertz CT molecular complexity index is 1120. The maximum absolute atomic E-state index is 12.4. The van der Waals surface area contributed by atoms with Crippen molar-refractivity contribution in [2.24, 2.45) is 0 Å². The van der Waals surface area contributed by atoms with E-state index < -0.39 is 0 Å². The third kappa shape index (κ3) is 6.09. The van der Waals surface area contributed by atoms with Crippen molar-refractivity contribution in [3.8, 4) is 33.2 Å². The number of halogens is 1. The molecule has 2 aromatic heterocycles. The average molecular weight is 482 g/mol. The smallest absolute Gasteiger partial charge is 0.224 e. The van der Waals surface area contributed by atoms with Crippen molar-refractivity contribution in [2.75, 3.05) is 14.2 Å². The van der Waals surface area contributed by atoms with Gasteiger partial charge in [-0.15, -0.1) is 23.7 Å². The van der Waals surface area contributed by atoms with Gasteiger partial charge in [0.2, 0.25) is 5.91 Å². The standard InChI is InChI=1S/C25H23N3O3S.ClH/c1-30-20-9-5-18(6-10-20)24-25(19-7-11-21(31-2)12-8-19)32-23(28-24)16-27-22(29)14-17-4-3-13-26-15-17;/h3-13,15H,14,16H2,1-2H3,(H,27,29);1H. The van der Waals surface area contributed by atoms with Crippen LogP contribution < -0.4 is 14.8 Å². The summed E-state index contributed by atoms with van der Waals surface area (Å²) in [6.45, 7) is 0.364. The number of carbonyl (C=O) groups is 1. The molecule has 1 N–H and O–H groups in total. The van der Waals surface area contributed by atoms with Crippen LogP contribution in [0.5, 0.6) is 11.5 Å². The molecule has 0 unspecified atom stereocenters. The minimum Gasteiger partial charge on any atom is -0.497 e. The van der Waals surface area contributed by atoms with Gasteiger partial charge in [0.15, 0.2) is 0 Å². The molecule has 2 aromatic carbocycles. The molecule has 0 fully saturated rings. The van der Waals surface area contributed by atoms with Crippen molar-refractivity contribution >= 4 is 29.7 Å². The molecule has 0 aliphatic carbocycles. The van der Waals surface area contributed by atoms with E-state index in [0.717, 1.165) is 43.8 Å². The number of pyridine rings is 1. The second-order valence-electron chi connectivity index (χ2n) is 7.06. The number of nitrogens with one attached hydrogen (secondary N) is 1. The highest BCUT2D eigenvalue weighted by molar-refractivity contribution is 7.15. The fraction of sp³-hybridized carbons (Fsp3) is 0.160. The number of benzene rings is 2. The maximum atomic E-state index is 12.4. The number of amides is 1. The quantitative estimate of drug-likeness (QED) is 0.376. The largest absolute Gasteiger partial charge is 0.497 e. The van der Waals surface area contributed by atoms with E-state index in [0.29, 0.717) is 6.54 Å². The van der Waals surface area contributed by atoms with Gasteiger partial charge in [-0.3, -0.25) is 9.78 Å². The highest BCUT2D eigenvalue weighted by Gasteiger charge is 2.16. The molecule has 0 spiro atoms. The third-order valence-electron chi connectivity index (χ3n) is 4.91. The summed E-state index contributed by atoms with van der Waals surface area (Å²) in [5, 5.41) is 3.80. The first kappa shape index (κ1) is 24.2. The first-order valence-corrected chi connectivity index (χ1v) is 10.9. The summed E-state index contributed by atoms with van der Waals surface area (Å²) >= 11 is 1.57. The van der Waals surface area contributed by atoms with E-state index in [1.807, 2.05) is 60.7 Å². The van der Waals surface area contributed by atoms with E-state index in [1.54, 1.807) is 38.0 Å². The highest BCUT2D eigenvalue weighted by Crippen LogP contribution is 2.38. The third-order valence-corrected chi connectivity index (χ3v) is 6.02. The van der Waals surface area contributed by atoms with Crippen molar-refractivity contribution < 1.29 is 14.3 Å². The Hall–Kier alpha value is -3.42. The van der Waals surface area contributed by atoms with Gasteiger partial charge in [-0.1, -0.05) is 6.07 Å². The second-order valence-corrected chi connectivity index (χ2v) is 8.14. The fourth-order valence-corrected chi connectivity index (χ4v) is 4.28. The molecule has 0 aliphatic heterocycles. The number of aromatic nitrogens is 2. The summed E-state index contributed by atoms with van der Waals surface area (Å²) in [6.07, 6.45) is 3.68. The number of thiazole rings is 1. The lowest BCUT2D eigenvalue weighted by molar-refractivity contribution is -0.120. The Kier molecular flexibility index (Phi) is 8.40. The van der Waals surface area contributed by atoms with Gasteiger partial charge >= 0.3 is 0 Å². The normalized spacial score (nSPS) is 10.2. The van der Waals surface area contributed by atoms with Crippen LogP contribution in [0, 0.1) is 0 Å². The van der Waals surface area contributed by atoms with E-state index in [-0.39, 0.29) is 24.7 Å². The first-order chi connectivity index (χ1) is 15.7. The van der Waals surface area contributed by atoms with Crippen LogP contribution in [0.3, 0.4) is 0 Å².